The number of carbonyl (C=O) groups excluding carboxylic acids is 1. The lowest BCUT2D eigenvalue weighted by Gasteiger charge is -2.24. The standard InChI is InChI=1S/C13H17N3O2/c1-13(2,12(17)18-4)15-9-5-6-11-10(7-9)14-8-16(11)3/h5-8,15H,1-4H3. The van der Waals surface area contributed by atoms with Gasteiger partial charge in [-0.2, -0.15) is 0 Å². The Labute approximate surface area is 106 Å². The third-order valence-electron chi connectivity index (χ3n) is 2.88. The van der Waals surface area contributed by atoms with Crippen molar-refractivity contribution in [1.82, 2.24) is 9.55 Å². The molecular formula is C13H17N3O2. The molecule has 0 saturated heterocycles. The third kappa shape index (κ3) is 2.16. The van der Waals surface area contributed by atoms with Crippen LogP contribution >= 0.6 is 0 Å². The Kier molecular flexibility index (Phi) is 2.98. The number of imidazole rings is 1. The monoisotopic (exact) mass is 247 g/mol. The van der Waals surface area contributed by atoms with E-state index in [2.05, 4.69) is 10.3 Å². The van der Waals surface area contributed by atoms with Gasteiger partial charge in [0, 0.05) is 12.7 Å². The first kappa shape index (κ1) is 12.4. The minimum absolute atomic E-state index is 0.302. The lowest BCUT2D eigenvalue weighted by molar-refractivity contribution is -0.144. The number of methoxy groups -OCH3 is 1. The van der Waals surface area contributed by atoms with Crippen LogP contribution in [0.4, 0.5) is 5.69 Å². The maximum Gasteiger partial charge on any atom is 0.330 e. The summed E-state index contributed by atoms with van der Waals surface area (Å²) >= 11 is 0. The van der Waals surface area contributed by atoms with E-state index in [0.717, 1.165) is 16.7 Å². The van der Waals surface area contributed by atoms with Crippen LogP contribution in [0.2, 0.25) is 0 Å². The lowest BCUT2D eigenvalue weighted by atomic mass is 10.1. The van der Waals surface area contributed by atoms with E-state index in [1.165, 1.54) is 7.11 Å². The van der Waals surface area contributed by atoms with Gasteiger partial charge in [-0.3, -0.25) is 0 Å². The molecule has 0 aliphatic heterocycles. The Balaban J connectivity index is 2.29. The highest BCUT2D eigenvalue weighted by atomic mass is 16.5. The van der Waals surface area contributed by atoms with Crippen LogP contribution in [-0.4, -0.2) is 28.2 Å². The van der Waals surface area contributed by atoms with Gasteiger partial charge in [0.05, 0.1) is 24.5 Å². The molecule has 1 aromatic heterocycles. The minimum Gasteiger partial charge on any atom is -0.467 e. The van der Waals surface area contributed by atoms with Gasteiger partial charge < -0.3 is 14.6 Å². The summed E-state index contributed by atoms with van der Waals surface area (Å²) in [5.41, 5.74) is 2.02. The highest BCUT2D eigenvalue weighted by molar-refractivity contribution is 5.85. The summed E-state index contributed by atoms with van der Waals surface area (Å²) < 4.78 is 6.71. The average Bonchev–Trinajstić information content (AvgIpc) is 2.69. The minimum atomic E-state index is -0.767. The zero-order valence-electron chi connectivity index (χ0n) is 11.0. The second-order valence-corrected chi connectivity index (χ2v) is 4.80. The van der Waals surface area contributed by atoms with Gasteiger partial charge in [-0.1, -0.05) is 0 Å². The summed E-state index contributed by atoms with van der Waals surface area (Å²) in [5, 5.41) is 3.15. The molecule has 1 heterocycles. The van der Waals surface area contributed by atoms with E-state index in [1.54, 1.807) is 20.2 Å². The lowest BCUT2D eigenvalue weighted by Crippen LogP contribution is -2.41. The van der Waals surface area contributed by atoms with E-state index in [4.69, 9.17) is 4.74 Å². The fourth-order valence-corrected chi connectivity index (χ4v) is 1.88. The number of nitrogens with one attached hydrogen (secondary N) is 1. The van der Waals surface area contributed by atoms with Crippen molar-refractivity contribution >= 4 is 22.7 Å². The molecular weight excluding hydrogens is 230 g/mol. The van der Waals surface area contributed by atoms with E-state index in [1.807, 2.05) is 29.8 Å². The predicted octanol–water partition coefficient (Wildman–Crippen LogP) is 1.94. The van der Waals surface area contributed by atoms with Gasteiger partial charge in [-0.15, -0.1) is 0 Å². The molecule has 2 rings (SSSR count). The molecule has 1 N–H and O–H groups in total. The number of anilines is 1. The van der Waals surface area contributed by atoms with E-state index < -0.39 is 5.54 Å². The molecule has 0 spiro atoms. The number of aromatic nitrogens is 2. The smallest absolute Gasteiger partial charge is 0.330 e. The van der Waals surface area contributed by atoms with Crippen LogP contribution in [0.15, 0.2) is 24.5 Å². The first-order chi connectivity index (χ1) is 8.44. The van der Waals surface area contributed by atoms with Crippen molar-refractivity contribution in [2.45, 2.75) is 19.4 Å². The van der Waals surface area contributed by atoms with Crippen molar-refractivity contribution < 1.29 is 9.53 Å². The zero-order valence-corrected chi connectivity index (χ0v) is 11.0. The summed E-state index contributed by atoms with van der Waals surface area (Å²) in [7, 11) is 3.33. The molecule has 96 valence electrons. The van der Waals surface area contributed by atoms with Crippen LogP contribution < -0.4 is 5.32 Å². The number of ether oxygens (including phenoxy) is 1. The molecule has 0 aliphatic carbocycles. The Morgan fingerprint density at radius 3 is 2.83 bits per heavy atom. The number of benzene rings is 1. The second-order valence-electron chi connectivity index (χ2n) is 4.80. The van der Waals surface area contributed by atoms with Crippen LogP contribution in [0, 0.1) is 0 Å². The first-order valence-corrected chi connectivity index (χ1v) is 5.72. The predicted molar refractivity (Wildman–Crippen MR) is 70.4 cm³/mol. The van der Waals surface area contributed by atoms with Crippen molar-refractivity contribution in [1.29, 1.82) is 0 Å². The number of fused-ring (bicyclic) bond motifs is 1. The molecule has 0 aliphatic rings. The molecule has 0 unspecified atom stereocenters. The van der Waals surface area contributed by atoms with Crippen molar-refractivity contribution in [3.8, 4) is 0 Å². The van der Waals surface area contributed by atoms with E-state index in [9.17, 15) is 4.79 Å². The van der Waals surface area contributed by atoms with Crippen molar-refractivity contribution in [2.24, 2.45) is 7.05 Å². The van der Waals surface area contributed by atoms with E-state index >= 15 is 0 Å². The molecule has 5 nitrogen and oxygen atoms in total. The van der Waals surface area contributed by atoms with Crippen LogP contribution in [0.3, 0.4) is 0 Å². The van der Waals surface area contributed by atoms with Crippen molar-refractivity contribution in [3.05, 3.63) is 24.5 Å². The highest BCUT2D eigenvalue weighted by Gasteiger charge is 2.28. The Bertz CT molecular complexity index is 587. The topological polar surface area (TPSA) is 56.1 Å². The van der Waals surface area contributed by atoms with Gasteiger partial charge in [0.1, 0.15) is 5.54 Å². The van der Waals surface area contributed by atoms with Crippen LogP contribution in [-0.2, 0) is 16.6 Å². The van der Waals surface area contributed by atoms with E-state index in [0.29, 0.717) is 0 Å². The number of hydrogen-bond donors (Lipinski definition) is 1. The maximum absolute atomic E-state index is 11.6. The van der Waals surface area contributed by atoms with Gasteiger partial charge in [0.2, 0.25) is 0 Å². The molecule has 0 atom stereocenters. The third-order valence-corrected chi connectivity index (χ3v) is 2.88. The molecule has 0 bridgehead atoms. The maximum atomic E-state index is 11.6. The van der Waals surface area contributed by atoms with Gasteiger partial charge in [0.25, 0.3) is 0 Å². The Morgan fingerprint density at radius 2 is 2.17 bits per heavy atom. The quantitative estimate of drug-likeness (QED) is 0.842. The number of esters is 1. The van der Waals surface area contributed by atoms with Crippen molar-refractivity contribution in [3.63, 3.8) is 0 Å². The van der Waals surface area contributed by atoms with E-state index in [-0.39, 0.29) is 5.97 Å². The molecule has 0 fully saturated rings. The van der Waals surface area contributed by atoms with Crippen LogP contribution in [0.5, 0.6) is 0 Å². The molecule has 2 aromatic rings. The van der Waals surface area contributed by atoms with Gasteiger partial charge in [-0.05, 0) is 32.0 Å². The van der Waals surface area contributed by atoms with Gasteiger partial charge in [0.15, 0.2) is 0 Å². The summed E-state index contributed by atoms with van der Waals surface area (Å²) in [6, 6.07) is 5.81. The average molecular weight is 247 g/mol. The Morgan fingerprint density at radius 1 is 1.44 bits per heavy atom. The molecule has 0 amide bonds. The normalized spacial score (nSPS) is 11.6. The summed E-state index contributed by atoms with van der Waals surface area (Å²) in [4.78, 5) is 15.9. The van der Waals surface area contributed by atoms with Gasteiger partial charge >= 0.3 is 5.97 Å². The van der Waals surface area contributed by atoms with Crippen LogP contribution in [0.25, 0.3) is 11.0 Å². The zero-order chi connectivity index (χ0) is 13.3. The van der Waals surface area contributed by atoms with Crippen molar-refractivity contribution in [2.75, 3.05) is 12.4 Å². The largest absolute Gasteiger partial charge is 0.467 e. The van der Waals surface area contributed by atoms with Crippen LogP contribution in [0.1, 0.15) is 13.8 Å². The summed E-state index contributed by atoms with van der Waals surface area (Å²) in [6.07, 6.45) is 1.76. The highest BCUT2D eigenvalue weighted by Crippen LogP contribution is 2.21. The molecule has 0 radical (unpaired) electrons. The SMILES string of the molecule is COC(=O)C(C)(C)Nc1ccc2c(c1)ncn2C. The first-order valence-electron chi connectivity index (χ1n) is 5.72. The summed E-state index contributed by atoms with van der Waals surface area (Å²) in [5.74, 6) is -0.302. The molecule has 18 heavy (non-hydrogen) atoms. The Hall–Kier alpha value is -2.04. The number of hydrogen-bond acceptors (Lipinski definition) is 4. The number of carbonyl (C=O) groups is 1. The number of aryl methyl sites for hydroxylation is 1. The fraction of sp³-hybridized carbons (Fsp3) is 0.385. The number of nitrogens with zero attached hydrogens (tertiary/aromatic N) is 2. The molecule has 1 aromatic carbocycles. The fourth-order valence-electron chi connectivity index (χ4n) is 1.88. The van der Waals surface area contributed by atoms with Gasteiger partial charge in [-0.25, -0.2) is 9.78 Å². The molecule has 5 heteroatoms. The number of rotatable bonds is 3. The summed E-state index contributed by atoms with van der Waals surface area (Å²) in [6.45, 7) is 3.56. The second kappa shape index (κ2) is 4.33. The molecule has 0 saturated carbocycles.